The van der Waals surface area contributed by atoms with Crippen LogP contribution in [0.3, 0.4) is 0 Å². The largest absolute Gasteiger partial charge is 0.419 e. The van der Waals surface area contributed by atoms with Crippen LogP contribution < -0.4 is 5.32 Å². The van der Waals surface area contributed by atoms with E-state index in [0.717, 1.165) is 15.7 Å². The maximum absolute atomic E-state index is 11.9. The van der Waals surface area contributed by atoms with Gasteiger partial charge in [0.2, 0.25) is 0 Å². The van der Waals surface area contributed by atoms with Crippen molar-refractivity contribution in [2.24, 2.45) is 0 Å². The predicted molar refractivity (Wildman–Crippen MR) is 85.7 cm³/mol. The summed E-state index contributed by atoms with van der Waals surface area (Å²) in [6, 6.07) is 5.71. The van der Waals surface area contributed by atoms with Crippen molar-refractivity contribution in [1.82, 2.24) is 0 Å². The summed E-state index contributed by atoms with van der Waals surface area (Å²) in [5, 5.41) is 2.95. The quantitative estimate of drug-likeness (QED) is 0.492. The summed E-state index contributed by atoms with van der Waals surface area (Å²) in [7, 11) is 0. The van der Waals surface area contributed by atoms with Gasteiger partial charge in [-0.2, -0.15) is 0 Å². The minimum Gasteiger partial charge on any atom is -0.419 e. The van der Waals surface area contributed by atoms with Crippen molar-refractivity contribution in [2.75, 3.05) is 18.5 Å². The molecule has 2 saturated heterocycles. The second-order valence-corrected chi connectivity index (χ2v) is 6.71. The fourth-order valence-corrected chi connectivity index (χ4v) is 2.87. The van der Waals surface area contributed by atoms with Crippen LogP contribution in [0.25, 0.3) is 0 Å². The molecule has 0 aromatic heterocycles. The summed E-state index contributed by atoms with van der Waals surface area (Å²) in [5.74, 6) is -2.29. The molecule has 0 unspecified atom stereocenters. The van der Waals surface area contributed by atoms with E-state index in [-0.39, 0.29) is 5.57 Å². The molecule has 122 valence electrons. The Labute approximate surface area is 141 Å². The topological polar surface area (TPSA) is 73.9 Å². The Balaban J connectivity index is 1.77. The average molecular weight is 382 g/mol. The number of nitrogens with one attached hydrogen (secondary N) is 1. The second kappa shape index (κ2) is 5.98. The highest BCUT2D eigenvalue weighted by Gasteiger charge is 2.38. The SMILES string of the molecule is CC1(C)OC(=O)C(=CNc2ccc(Br)c(C3COC3)c2)C(=O)O1. The van der Waals surface area contributed by atoms with E-state index < -0.39 is 17.7 Å². The number of hydrogen-bond acceptors (Lipinski definition) is 6. The average Bonchev–Trinajstić information content (AvgIpc) is 2.38. The third-order valence-corrected chi connectivity index (χ3v) is 4.30. The standard InChI is InChI=1S/C16H16BrNO5/c1-16(2)22-14(19)12(15(20)23-16)6-18-10-3-4-13(17)11(5-10)9-7-21-8-9/h3-6,9,18H,7-8H2,1-2H3. The van der Waals surface area contributed by atoms with Crippen LogP contribution in [0.1, 0.15) is 25.3 Å². The molecule has 2 fully saturated rings. The van der Waals surface area contributed by atoms with Crippen molar-refractivity contribution in [2.45, 2.75) is 25.6 Å². The normalized spacial score (nSPS) is 20.4. The number of carbonyl (C=O) groups is 2. The number of carbonyl (C=O) groups excluding carboxylic acids is 2. The van der Waals surface area contributed by atoms with Gasteiger partial charge in [-0.05, 0) is 23.8 Å². The molecule has 0 amide bonds. The molecule has 0 saturated carbocycles. The lowest BCUT2D eigenvalue weighted by atomic mass is 9.97. The first-order valence-corrected chi connectivity index (χ1v) is 7.95. The van der Waals surface area contributed by atoms with Crippen LogP contribution >= 0.6 is 15.9 Å². The zero-order valence-electron chi connectivity index (χ0n) is 12.7. The molecule has 2 aliphatic heterocycles. The van der Waals surface area contributed by atoms with Gasteiger partial charge >= 0.3 is 11.9 Å². The van der Waals surface area contributed by atoms with Crippen LogP contribution in [-0.2, 0) is 23.8 Å². The minimum atomic E-state index is -1.24. The third kappa shape index (κ3) is 3.40. The third-order valence-electron chi connectivity index (χ3n) is 3.57. The molecular formula is C16H16BrNO5. The number of cyclic esters (lactones) is 2. The van der Waals surface area contributed by atoms with Gasteiger partial charge in [0.05, 0.1) is 13.2 Å². The molecule has 3 rings (SSSR count). The van der Waals surface area contributed by atoms with E-state index >= 15 is 0 Å². The molecule has 2 aliphatic rings. The lowest BCUT2D eigenvalue weighted by Gasteiger charge is -2.29. The van der Waals surface area contributed by atoms with Gasteiger partial charge in [0, 0.05) is 36.1 Å². The lowest BCUT2D eigenvalue weighted by molar-refractivity contribution is -0.222. The molecule has 1 N–H and O–H groups in total. The molecule has 1 aromatic carbocycles. The van der Waals surface area contributed by atoms with Gasteiger partial charge in [-0.25, -0.2) is 9.59 Å². The van der Waals surface area contributed by atoms with E-state index in [1.807, 2.05) is 18.2 Å². The van der Waals surface area contributed by atoms with E-state index in [9.17, 15) is 9.59 Å². The van der Waals surface area contributed by atoms with Crippen molar-refractivity contribution < 1.29 is 23.8 Å². The Bertz CT molecular complexity index is 672. The first-order valence-electron chi connectivity index (χ1n) is 7.16. The van der Waals surface area contributed by atoms with Gasteiger partial charge in [-0.15, -0.1) is 0 Å². The Morgan fingerprint density at radius 1 is 1.22 bits per heavy atom. The second-order valence-electron chi connectivity index (χ2n) is 5.85. The number of benzene rings is 1. The Kier molecular flexibility index (Phi) is 4.16. The maximum Gasteiger partial charge on any atom is 0.350 e. The maximum atomic E-state index is 11.9. The van der Waals surface area contributed by atoms with Crippen LogP contribution in [-0.4, -0.2) is 30.9 Å². The number of esters is 2. The van der Waals surface area contributed by atoms with Gasteiger partial charge in [-0.1, -0.05) is 15.9 Å². The van der Waals surface area contributed by atoms with Crippen molar-refractivity contribution in [3.63, 3.8) is 0 Å². The molecule has 0 spiro atoms. The molecule has 0 radical (unpaired) electrons. The molecule has 23 heavy (non-hydrogen) atoms. The highest BCUT2D eigenvalue weighted by Crippen LogP contribution is 2.32. The molecule has 0 aliphatic carbocycles. The highest BCUT2D eigenvalue weighted by atomic mass is 79.9. The van der Waals surface area contributed by atoms with E-state index in [1.54, 1.807) is 0 Å². The minimum absolute atomic E-state index is 0.166. The number of halogens is 1. The van der Waals surface area contributed by atoms with Crippen molar-refractivity contribution in [3.05, 3.63) is 40.0 Å². The summed E-state index contributed by atoms with van der Waals surface area (Å²) < 4.78 is 16.3. The van der Waals surface area contributed by atoms with Crippen LogP contribution in [0.5, 0.6) is 0 Å². The van der Waals surface area contributed by atoms with Crippen LogP contribution in [0.15, 0.2) is 34.4 Å². The van der Waals surface area contributed by atoms with E-state index in [1.165, 1.54) is 20.0 Å². The smallest absolute Gasteiger partial charge is 0.350 e. The van der Waals surface area contributed by atoms with Crippen molar-refractivity contribution >= 4 is 33.6 Å². The van der Waals surface area contributed by atoms with Gasteiger partial charge in [-0.3, -0.25) is 0 Å². The first kappa shape index (κ1) is 16.0. The number of rotatable bonds is 3. The molecule has 0 bridgehead atoms. The summed E-state index contributed by atoms with van der Waals surface area (Å²) in [6.45, 7) is 4.40. The number of hydrogen-bond donors (Lipinski definition) is 1. The molecule has 2 heterocycles. The number of anilines is 1. The first-order chi connectivity index (χ1) is 10.9. The molecular weight excluding hydrogens is 366 g/mol. The highest BCUT2D eigenvalue weighted by molar-refractivity contribution is 9.10. The van der Waals surface area contributed by atoms with Gasteiger partial charge in [0.25, 0.3) is 5.79 Å². The van der Waals surface area contributed by atoms with Gasteiger partial charge < -0.3 is 19.5 Å². The van der Waals surface area contributed by atoms with Crippen molar-refractivity contribution in [1.29, 1.82) is 0 Å². The molecule has 6 nitrogen and oxygen atoms in total. The van der Waals surface area contributed by atoms with Crippen LogP contribution in [0.2, 0.25) is 0 Å². The summed E-state index contributed by atoms with van der Waals surface area (Å²) >= 11 is 3.52. The van der Waals surface area contributed by atoms with E-state index in [4.69, 9.17) is 14.2 Å². The molecule has 0 atom stereocenters. The summed E-state index contributed by atoms with van der Waals surface area (Å²) in [4.78, 5) is 23.7. The molecule has 1 aromatic rings. The van der Waals surface area contributed by atoms with Crippen LogP contribution in [0.4, 0.5) is 5.69 Å². The fourth-order valence-electron chi connectivity index (χ4n) is 2.30. The van der Waals surface area contributed by atoms with E-state index in [0.29, 0.717) is 19.1 Å². The zero-order valence-corrected chi connectivity index (χ0v) is 14.3. The lowest BCUT2D eigenvalue weighted by Crippen LogP contribution is -2.42. The fraction of sp³-hybridized carbons (Fsp3) is 0.375. The summed E-state index contributed by atoms with van der Waals surface area (Å²) in [5.41, 5.74) is 1.71. The Hall–Kier alpha value is -1.86. The van der Waals surface area contributed by atoms with Gasteiger partial charge in [0.1, 0.15) is 0 Å². The zero-order chi connectivity index (χ0) is 16.6. The predicted octanol–water partition coefficient (Wildman–Crippen LogP) is 2.69. The monoisotopic (exact) mass is 381 g/mol. The summed E-state index contributed by atoms with van der Waals surface area (Å²) in [6.07, 6.45) is 1.31. The Morgan fingerprint density at radius 3 is 2.43 bits per heavy atom. The van der Waals surface area contributed by atoms with Crippen molar-refractivity contribution in [3.8, 4) is 0 Å². The van der Waals surface area contributed by atoms with Gasteiger partial charge in [0.15, 0.2) is 5.57 Å². The molecule has 7 heteroatoms. The van der Waals surface area contributed by atoms with E-state index in [2.05, 4.69) is 21.2 Å². The Morgan fingerprint density at radius 2 is 1.87 bits per heavy atom. The number of ether oxygens (including phenoxy) is 3. The van der Waals surface area contributed by atoms with Crippen LogP contribution in [0, 0.1) is 0 Å².